The van der Waals surface area contributed by atoms with Gasteiger partial charge in [0.1, 0.15) is 12.4 Å². The maximum atomic E-state index is 12.2. The molecule has 0 radical (unpaired) electrons. The van der Waals surface area contributed by atoms with Crippen molar-refractivity contribution in [3.63, 3.8) is 0 Å². The summed E-state index contributed by atoms with van der Waals surface area (Å²) in [6.07, 6.45) is 13.6. The van der Waals surface area contributed by atoms with Crippen LogP contribution in [0.5, 0.6) is 0 Å². The van der Waals surface area contributed by atoms with Gasteiger partial charge >= 0.3 is 0 Å². The zero-order valence-electron chi connectivity index (χ0n) is 12.7. The molecule has 0 bridgehead atoms. The molecule has 1 aromatic rings. The van der Waals surface area contributed by atoms with Gasteiger partial charge < -0.3 is 15.2 Å². The van der Waals surface area contributed by atoms with Gasteiger partial charge in [-0.05, 0) is 25.7 Å². The van der Waals surface area contributed by atoms with Crippen molar-refractivity contribution >= 4 is 5.91 Å². The summed E-state index contributed by atoms with van der Waals surface area (Å²) < 4.78 is 1.96. The summed E-state index contributed by atoms with van der Waals surface area (Å²) in [7, 11) is 0. The van der Waals surface area contributed by atoms with Crippen molar-refractivity contribution in [2.24, 2.45) is 0 Å². The average molecular weight is 290 g/mol. The predicted octanol–water partition coefficient (Wildman–Crippen LogP) is 1.97. The number of carbonyl (C=O) groups excluding carboxylic acids is 1. The number of hydrogen-bond donors (Lipinski definition) is 2. The molecule has 2 fully saturated rings. The van der Waals surface area contributed by atoms with Crippen LogP contribution in [0.4, 0.5) is 0 Å². The molecular weight excluding hydrogens is 264 g/mol. The van der Waals surface area contributed by atoms with Crippen LogP contribution in [-0.4, -0.2) is 27.5 Å². The van der Waals surface area contributed by atoms with Crippen LogP contribution in [0, 0.1) is 0 Å². The molecule has 0 unspecified atom stereocenters. The molecule has 2 aliphatic carbocycles. The average Bonchev–Trinajstić information content (AvgIpc) is 3.24. The van der Waals surface area contributed by atoms with E-state index in [1.807, 2.05) is 10.8 Å². The molecule has 3 rings (SSSR count). The molecule has 2 aliphatic rings. The Bertz CT molecular complexity index is 459. The molecule has 5 nitrogen and oxygen atoms in total. The lowest BCUT2D eigenvalue weighted by Gasteiger charge is -2.17. The van der Waals surface area contributed by atoms with Gasteiger partial charge in [-0.25, -0.2) is 4.98 Å². The van der Waals surface area contributed by atoms with Crippen molar-refractivity contribution < 1.29 is 4.79 Å². The van der Waals surface area contributed by atoms with E-state index in [0.29, 0.717) is 18.6 Å². The Morgan fingerprint density at radius 1 is 1.14 bits per heavy atom. The molecule has 0 atom stereocenters. The minimum absolute atomic E-state index is 0.118. The fourth-order valence-corrected chi connectivity index (χ4v) is 3.03. The highest BCUT2D eigenvalue weighted by atomic mass is 16.2. The molecule has 2 saturated carbocycles. The zero-order chi connectivity index (χ0) is 14.5. The summed E-state index contributed by atoms with van der Waals surface area (Å²) in [5.41, 5.74) is 0. The number of carbonyl (C=O) groups is 1. The lowest BCUT2D eigenvalue weighted by Crippen LogP contribution is -2.37. The van der Waals surface area contributed by atoms with Gasteiger partial charge in [0.15, 0.2) is 0 Å². The Balaban J connectivity index is 1.48. The van der Waals surface area contributed by atoms with Crippen LogP contribution in [-0.2, 0) is 17.9 Å². The van der Waals surface area contributed by atoms with Crippen LogP contribution < -0.4 is 10.6 Å². The number of amides is 1. The second kappa shape index (κ2) is 7.07. The lowest BCUT2D eigenvalue weighted by atomic mass is 10.1. The lowest BCUT2D eigenvalue weighted by molar-refractivity contribution is -0.122. The van der Waals surface area contributed by atoms with Crippen LogP contribution in [0.3, 0.4) is 0 Å². The summed E-state index contributed by atoms with van der Waals surface area (Å²) in [5.74, 6) is 1.07. The van der Waals surface area contributed by atoms with E-state index in [2.05, 4.69) is 15.6 Å². The van der Waals surface area contributed by atoms with Crippen molar-refractivity contribution in [3.05, 3.63) is 18.2 Å². The Hall–Kier alpha value is -1.36. The van der Waals surface area contributed by atoms with Crippen molar-refractivity contribution in [2.75, 3.05) is 0 Å². The van der Waals surface area contributed by atoms with Crippen molar-refractivity contribution in [1.29, 1.82) is 0 Å². The fourth-order valence-electron chi connectivity index (χ4n) is 3.03. The first-order chi connectivity index (χ1) is 10.3. The van der Waals surface area contributed by atoms with E-state index in [-0.39, 0.29) is 5.91 Å². The number of rotatable bonds is 6. The number of nitrogens with zero attached hydrogens (tertiary/aromatic N) is 2. The van der Waals surface area contributed by atoms with E-state index in [4.69, 9.17) is 0 Å². The largest absolute Gasteiger partial charge is 0.352 e. The van der Waals surface area contributed by atoms with Gasteiger partial charge in [0.2, 0.25) is 5.91 Å². The smallest absolute Gasteiger partial charge is 0.240 e. The van der Waals surface area contributed by atoms with Gasteiger partial charge in [0.05, 0.1) is 6.54 Å². The molecule has 1 heterocycles. The number of imidazole rings is 1. The minimum Gasteiger partial charge on any atom is -0.352 e. The second-order valence-electron chi connectivity index (χ2n) is 6.38. The molecule has 1 aromatic heterocycles. The van der Waals surface area contributed by atoms with E-state index in [9.17, 15) is 4.79 Å². The molecular formula is C16H26N4O. The number of aromatic nitrogens is 2. The third-order valence-electron chi connectivity index (χ3n) is 4.46. The van der Waals surface area contributed by atoms with Gasteiger partial charge in [0.25, 0.3) is 0 Å². The second-order valence-corrected chi connectivity index (χ2v) is 6.38. The topological polar surface area (TPSA) is 59.0 Å². The third kappa shape index (κ3) is 4.56. The molecule has 0 aromatic carbocycles. The molecule has 0 saturated heterocycles. The van der Waals surface area contributed by atoms with Crippen molar-refractivity contribution in [3.8, 4) is 0 Å². The van der Waals surface area contributed by atoms with Gasteiger partial charge in [-0.1, -0.05) is 25.7 Å². The molecule has 0 spiro atoms. The molecule has 1 amide bonds. The summed E-state index contributed by atoms with van der Waals surface area (Å²) in [6.45, 7) is 1.15. The Kier molecular flexibility index (Phi) is 4.91. The SMILES string of the molecule is O=C(Cn1ccnc1CNC1CC1)NC1CCCCCC1. The van der Waals surface area contributed by atoms with Gasteiger partial charge in [-0.3, -0.25) is 4.79 Å². The van der Waals surface area contributed by atoms with Gasteiger partial charge in [-0.15, -0.1) is 0 Å². The summed E-state index contributed by atoms with van der Waals surface area (Å²) in [6, 6.07) is 1.03. The highest BCUT2D eigenvalue weighted by Gasteiger charge is 2.21. The summed E-state index contributed by atoms with van der Waals surface area (Å²) in [5, 5.41) is 6.64. The zero-order valence-corrected chi connectivity index (χ0v) is 12.7. The Morgan fingerprint density at radius 2 is 1.90 bits per heavy atom. The van der Waals surface area contributed by atoms with Crippen molar-refractivity contribution in [1.82, 2.24) is 20.2 Å². The monoisotopic (exact) mass is 290 g/mol. The maximum Gasteiger partial charge on any atom is 0.240 e. The summed E-state index contributed by atoms with van der Waals surface area (Å²) >= 11 is 0. The van der Waals surface area contributed by atoms with Crippen LogP contribution in [0.15, 0.2) is 12.4 Å². The fraction of sp³-hybridized carbons (Fsp3) is 0.750. The molecule has 116 valence electrons. The Morgan fingerprint density at radius 3 is 2.62 bits per heavy atom. The van der Waals surface area contributed by atoms with Crippen LogP contribution in [0.1, 0.15) is 57.2 Å². The van der Waals surface area contributed by atoms with E-state index in [1.54, 1.807) is 6.20 Å². The Labute approximate surface area is 126 Å². The highest BCUT2D eigenvalue weighted by Crippen LogP contribution is 2.19. The van der Waals surface area contributed by atoms with Gasteiger partial charge in [0, 0.05) is 24.5 Å². The maximum absolute atomic E-state index is 12.2. The van der Waals surface area contributed by atoms with E-state index < -0.39 is 0 Å². The third-order valence-corrected chi connectivity index (χ3v) is 4.46. The van der Waals surface area contributed by atoms with E-state index in [1.165, 1.54) is 38.5 Å². The van der Waals surface area contributed by atoms with Crippen molar-refractivity contribution in [2.45, 2.75) is 76.5 Å². The molecule has 21 heavy (non-hydrogen) atoms. The van der Waals surface area contributed by atoms with E-state index >= 15 is 0 Å². The van der Waals surface area contributed by atoms with Crippen LogP contribution in [0.25, 0.3) is 0 Å². The quantitative estimate of drug-likeness (QED) is 0.788. The predicted molar refractivity (Wildman–Crippen MR) is 81.7 cm³/mol. The molecule has 0 aliphatic heterocycles. The van der Waals surface area contributed by atoms with Gasteiger partial charge in [-0.2, -0.15) is 0 Å². The number of nitrogens with one attached hydrogen (secondary N) is 2. The molecule has 5 heteroatoms. The molecule has 2 N–H and O–H groups in total. The first-order valence-corrected chi connectivity index (χ1v) is 8.34. The normalized spacial score (nSPS) is 20.2. The van der Waals surface area contributed by atoms with E-state index in [0.717, 1.165) is 25.2 Å². The highest BCUT2D eigenvalue weighted by molar-refractivity contribution is 5.76. The minimum atomic E-state index is 0.118. The first kappa shape index (κ1) is 14.6. The first-order valence-electron chi connectivity index (χ1n) is 8.34. The van der Waals surface area contributed by atoms with Crippen LogP contribution in [0.2, 0.25) is 0 Å². The van der Waals surface area contributed by atoms with Crippen LogP contribution >= 0.6 is 0 Å². The summed E-state index contributed by atoms with van der Waals surface area (Å²) in [4.78, 5) is 16.6. The number of hydrogen-bond acceptors (Lipinski definition) is 3. The standard InChI is InChI=1S/C16H26N4O/c21-16(19-14-5-3-1-2-4-6-14)12-20-10-9-17-15(20)11-18-13-7-8-13/h9-10,13-14,18H,1-8,11-12H2,(H,19,21).